The molecule has 1 aliphatic rings. The molecule has 1 aliphatic heterocycles. The lowest BCUT2D eigenvalue weighted by Gasteiger charge is -2.33. The summed E-state index contributed by atoms with van der Waals surface area (Å²) in [7, 11) is 4.67. The van der Waals surface area contributed by atoms with Crippen LogP contribution in [0.3, 0.4) is 0 Å². The zero-order valence-corrected chi connectivity index (χ0v) is 18.7. The van der Waals surface area contributed by atoms with Crippen molar-refractivity contribution in [3.8, 4) is 17.2 Å². The second-order valence-electron chi connectivity index (χ2n) is 7.51. The van der Waals surface area contributed by atoms with Crippen LogP contribution in [0.5, 0.6) is 17.2 Å². The number of benzene rings is 2. The highest BCUT2D eigenvalue weighted by atomic mass is 16.5. The maximum atomic E-state index is 13.0. The number of methoxy groups -OCH3 is 3. The molecule has 168 valence electrons. The van der Waals surface area contributed by atoms with E-state index in [1.165, 1.54) is 5.56 Å². The zero-order chi connectivity index (χ0) is 22.2. The van der Waals surface area contributed by atoms with E-state index in [4.69, 9.17) is 23.7 Å². The molecule has 0 aliphatic carbocycles. The predicted octanol–water partition coefficient (Wildman–Crippen LogP) is 3.01. The summed E-state index contributed by atoms with van der Waals surface area (Å²) in [5, 5.41) is 0. The van der Waals surface area contributed by atoms with Crippen LogP contribution in [0.15, 0.2) is 36.4 Å². The third kappa shape index (κ3) is 5.89. The molecule has 1 unspecified atom stereocenters. The summed E-state index contributed by atoms with van der Waals surface area (Å²) in [4.78, 5) is 14.8. The Morgan fingerprint density at radius 1 is 1.10 bits per heavy atom. The van der Waals surface area contributed by atoms with Crippen LogP contribution in [0.25, 0.3) is 0 Å². The number of nitrogens with zero attached hydrogens (tertiary/aromatic N) is 1. The quantitative estimate of drug-likeness (QED) is 0.611. The molecule has 0 N–H and O–H groups in total. The first-order valence-corrected chi connectivity index (χ1v) is 10.4. The topological polar surface area (TPSA) is 66.5 Å². The molecule has 7 heteroatoms. The largest absolute Gasteiger partial charge is 0.493 e. The Morgan fingerprint density at radius 3 is 2.61 bits per heavy atom. The molecule has 1 fully saturated rings. The molecule has 2 aromatic rings. The lowest BCUT2D eigenvalue weighted by Crippen LogP contribution is -2.47. The summed E-state index contributed by atoms with van der Waals surface area (Å²) >= 11 is 0. The first kappa shape index (κ1) is 22.9. The Hall–Kier alpha value is -2.77. The SMILES string of the molecule is COc1ccc(CC(=O)N2CCOC(COCc3cccc(C)c3)C2)c(OC)c1OC. The number of carbonyl (C=O) groups excluding carboxylic acids is 1. The van der Waals surface area contributed by atoms with Crippen LogP contribution < -0.4 is 14.2 Å². The molecule has 0 aromatic heterocycles. The van der Waals surface area contributed by atoms with Gasteiger partial charge >= 0.3 is 0 Å². The van der Waals surface area contributed by atoms with E-state index in [1.54, 1.807) is 27.4 Å². The monoisotopic (exact) mass is 429 g/mol. The second kappa shape index (κ2) is 11.0. The average Bonchev–Trinajstić information content (AvgIpc) is 2.78. The van der Waals surface area contributed by atoms with Gasteiger partial charge in [0.1, 0.15) is 0 Å². The van der Waals surface area contributed by atoms with E-state index < -0.39 is 0 Å². The third-order valence-electron chi connectivity index (χ3n) is 5.27. The van der Waals surface area contributed by atoms with Crippen molar-refractivity contribution < 1.29 is 28.5 Å². The molecule has 1 heterocycles. The number of carbonyl (C=O) groups is 1. The maximum absolute atomic E-state index is 13.0. The molecule has 3 rings (SSSR count). The Kier molecular flexibility index (Phi) is 8.14. The third-order valence-corrected chi connectivity index (χ3v) is 5.27. The van der Waals surface area contributed by atoms with Gasteiger partial charge in [-0.1, -0.05) is 35.9 Å². The summed E-state index contributed by atoms with van der Waals surface area (Å²) in [5.41, 5.74) is 3.09. The summed E-state index contributed by atoms with van der Waals surface area (Å²) in [6, 6.07) is 11.8. The molecule has 0 spiro atoms. The van der Waals surface area contributed by atoms with Crippen molar-refractivity contribution in [1.82, 2.24) is 4.90 Å². The smallest absolute Gasteiger partial charge is 0.227 e. The van der Waals surface area contributed by atoms with Crippen LogP contribution in [0.1, 0.15) is 16.7 Å². The molecule has 1 saturated heterocycles. The fraction of sp³-hybridized carbons (Fsp3) is 0.458. The van der Waals surface area contributed by atoms with Crippen molar-refractivity contribution in [3.05, 3.63) is 53.1 Å². The van der Waals surface area contributed by atoms with E-state index in [0.717, 1.165) is 11.1 Å². The lowest BCUT2D eigenvalue weighted by molar-refractivity contribution is -0.140. The molecule has 0 radical (unpaired) electrons. The standard InChI is InChI=1S/C24H31NO6/c1-17-6-5-7-18(12-17)15-30-16-20-14-25(10-11-31-20)22(26)13-19-8-9-21(27-2)24(29-4)23(19)28-3/h5-9,12,20H,10-11,13-16H2,1-4H3. The van der Waals surface area contributed by atoms with E-state index in [1.807, 2.05) is 23.1 Å². The van der Waals surface area contributed by atoms with Crippen LogP contribution in [0.2, 0.25) is 0 Å². The number of ether oxygens (including phenoxy) is 5. The second-order valence-corrected chi connectivity index (χ2v) is 7.51. The first-order chi connectivity index (χ1) is 15.0. The molecule has 7 nitrogen and oxygen atoms in total. The zero-order valence-electron chi connectivity index (χ0n) is 18.7. The van der Waals surface area contributed by atoms with Gasteiger partial charge in [0.05, 0.1) is 53.7 Å². The van der Waals surface area contributed by atoms with E-state index in [0.29, 0.717) is 50.2 Å². The summed E-state index contributed by atoms with van der Waals surface area (Å²) in [6.07, 6.45) is 0.0650. The summed E-state index contributed by atoms with van der Waals surface area (Å²) in [6.45, 7) is 4.58. The number of aryl methyl sites for hydroxylation is 1. The summed E-state index contributed by atoms with van der Waals surface area (Å²) in [5.74, 6) is 1.58. The number of amides is 1. The summed E-state index contributed by atoms with van der Waals surface area (Å²) < 4.78 is 27.9. The van der Waals surface area contributed by atoms with Gasteiger partial charge in [-0.25, -0.2) is 0 Å². The highest BCUT2D eigenvalue weighted by Gasteiger charge is 2.26. The molecular formula is C24H31NO6. The number of morpholine rings is 1. The highest BCUT2D eigenvalue weighted by molar-refractivity contribution is 5.80. The van der Waals surface area contributed by atoms with E-state index >= 15 is 0 Å². The van der Waals surface area contributed by atoms with Gasteiger partial charge in [0.15, 0.2) is 11.5 Å². The van der Waals surface area contributed by atoms with Crippen molar-refractivity contribution >= 4 is 5.91 Å². The Morgan fingerprint density at radius 2 is 1.90 bits per heavy atom. The Balaban J connectivity index is 1.57. The average molecular weight is 430 g/mol. The van der Waals surface area contributed by atoms with Gasteiger partial charge < -0.3 is 28.6 Å². The Labute approximate surface area is 183 Å². The van der Waals surface area contributed by atoms with Crippen LogP contribution in [-0.4, -0.2) is 64.5 Å². The minimum absolute atomic E-state index is 0.0116. The van der Waals surface area contributed by atoms with Gasteiger partial charge in [0.25, 0.3) is 0 Å². The molecule has 31 heavy (non-hydrogen) atoms. The first-order valence-electron chi connectivity index (χ1n) is 10.4. The van der Waals surface area contributed by atoms with Crippen molar-refractivity contribution in [2.75, 3.05) is 47.6 Å². The number of rotatable bonds is 9. The minimum Gasteiger partial charge on any atom is -0.493 e. The maximum Gasteiger partial charge on any atom is 0.227 e. The Bertz CT molecular complexity index is 884. The van der Waals surface area contributed by atoms with Crippen LogP contribution in [0, 0.1) is 6.92 Å². The van der Waals surface area contributed by atoms with Gasteiger partial charge in [0, 0.05) is 18.7 Å². The molecule has 1 atom stereocenters. The lowest BCUT2D eigenvalue weighted by atomic mass is 10.1. The molecule has 0 saturated carbocycles. The van der Waals surface area contributed by atoms with Crippen molar-refractivity contribution in [2.45, 2.75) is 26.1 Å². The van der Waals surface area contributed by atoms with Crippen LogP contribution in [-0.2, 0) is 27.3 Å². The van der Waals surface area contributed by atoms with Gasteiger partial charge in [-0.15, -0.1) is 0 Å². The molecule has 0 bridgehead atoms. The normalized spacial score (nSPS) is 16.1. The van der Waals surface area contributed by atoms with Gasteiger partial charge in [-0.2, -0.15) is 0 Å². The van der Waals surface area contributed by atoms with Gasteiger partial charge in [-0.3, -0.25) is 4.79 Å². The van der Waals surface area contributed by atoms with Gasteiger partial charge in [0.2, 0.25) is 11.7 Å². The molecule has 2 aromatic carbocycles. The van der Waals surface area contributed by atoms with E-state index in [-0.39, 0.29) is 18.4 Å². The van der Waals surface area contributed by atoms with Crippen molar-refractivity contribution in [1.29, 1.82) is 0 Å². The number of hydrogen-bond acceptors (Lipinski definition) is 6. The fourth-order valence-electron chi connectivity index (χ4n) is 3.73. The molecule has 1 amide bonds. The minimum atomic E-state index is -0.144. The van der Waals surface area contributed by atoms with Crippen molar-refractivity contribution in [2.24, 2.45) is 0 Å². The number of hydrogen-bond donors (Lipinski definition) is 0. The van der Waals surface area contributed by atoms with Crippen LogP contribution >= 0.6 is 0 Å². The predicted molar refractivity (Wildman–Crippen MR) is 117 cm³/mol. The van der Waals surface area contributed by atoms with E-state index in [9.17, 15) is 4.79 Å². The van der Waals surface area contributed by atoms with Gasteiger partial charge in [-0.05, 0) is 18.6 Å². The van der Waals surface area contributed by atoms with Crippen molar-refractivity contribution in [3.63, 3.8) is 0 Å². The van der Waals surface area contributed by atoms with Crippen LogP contribution in [0.4, 0.5) is 0 Å². The highest BCUT2D eigenvalue weighted by Crippen LogP contribution is 2.40. The fourth-order valence-corrected chi connectivity index (χ4v) is 3.73. The van der Waals surface area contributed by atoms with E-state index in [2.05, 4.69) is 19.1 Å². The molecular weight excluding hydrogens is 398 g/mol.